The van der Waals surface area contributed by atoms with Crippen LogP contribution >= 0.6 is 11.6 Å². The minimum atomic E-state index is -3.13. The van der Waals surface area contributed by atoms with Gasteiger partial charge >= 0.3 is 0 Å². The van der Waals surface area contributed by atoms with E-state index in [0.717, 1.165) is 11.1 Å². The lowest BCUT2D eigenvalue weighted by molar-refractivity contribution is 0.602. The van der Waals surface area contributed by atoms with Gasteiger partial charge in [0.25, 0.3) is 0 Å². The van der Waals surface area contributed by atoms with Gasteiger partial charge in [-0.3, -0.25) is 0 Å². The maximum Gasteiger partial charge on any atom is 0.175 e. The van der Waals surface area contributed by atoms with Crippen molar-refractivity contribution in [1.82, 2.24) is 0 Å². The van der Waals surface area contributed by atoms with Crippen LogP contribution in [-0.4, -0.2) is 14.7 Å². The average molecular weight is 293 g/mol. The quantitative estimate of drug-likeness (QED) is 0.804. The third-order valence-corrected chi connectivity index (χ3v) is 4.03. The van der Waals surface area contributed by atoms with Gasteiger partial charge in [-0.05, 0) is 35.4 Å². The molecule has 0 amide bonds. The van der Waals surface area contributed by atoms with Gasteiger partial charge in [-0.15, -0.1) is 0 Å². The van der Waals surface area contributed by atoms with Gasteiger partial charge in [0.1, 0.15) is 0 Å². The van der Waals surface area contributed by atoms with Crippen molar-refractivity contribution in [3.8, 4) is 0 Å². The van der Waals surface area contributed by atoms with Gasteiger partial charge in [0.15, 0.2) is 9.84 Å². The fraction of sp³-hybridized carbons (Fsp3) is 0.0667. The summed E-state index contributed by atoms with van der Waals surface area (Å²) < 4.78 is 22.6. The highest BCUT2D eigenvalue weighted by atomic mass is 35.5. The maximum absolute atomic E-state index is 11.3. The van der Waals surface area contributed by atoms with E-state index in [9.17, 15) is 8.42 Å². The monoisotopic (exact) mass is 292 g/mol. The van der Waals surface area contributed by atoms with Crippen LogP contribution in [0.15, 0.2) is 53.4 Å². The number of halogens is 1. The normalized spacial score (nSPS) is 11.9. The Morgan fingerprint density at radius 1 is 0.842 bits per heavy atom. The van der Waals surface area contributed by atoms with Crippen LogP contribution in [0.4, 0.5) is 0 Å². The van der Waals surface area contributed by atoms with E-state index in [4.69, 9.17) is 11.6 Å². The van der Waals surface area contributed by atoms with Gasteiger partial charge in [-0.25, -0.2) is 8.42 Å². The molecule has 2 aromatic carbocycles. The molecule has 0 fully saturated rings. The van der Waals surface area contributed by atoms with Crippen LogP contribution in [0.3, 0.4) is 0 Å². The minimum Gasteiger partial charge on any atom is -0.224 e. The molecule has 0 heterocycles. The van der Waals surface area contributed by atoms with Gasteiger partial charge in [0, 0.05) is 11.3 Å². The maximum atomic E-state index is 11.3. The lowest BCUT2D eigenvalue weighted by atomic mass is 10.1. The molecule has 0 N–H and O–H groups in total. The molecule has 0 radical (unpaired) electrons. The van der Waals surface area contributed by atoms with E-state index in [1.165, 1.54) is 6.26 Å². The first-order valence-corrected chi connectivity index (χ1v) is 7.96. The highest BCUT2D eigenvalue weighted by Crippen LogP contribution is 2.14. The average Bonchev–Trinajstić information content (AvgIpc) is 2.37. The van der Waals surface area contributed by atoms with Crippen LogP contribution in [-0.2, 0) is 9.84 Å². The Morgan fingerprint density at radius 2 is 1.26 bits per heavy atom. The first kappa shape index (κ1) is 13.8. The molecule has 0 spiro atoms. The second-order valence-electron chi connectivity index (χ2n) is 4.23. The topological polar surface area (TPSA) is 34.1 Å². The van der Waals surface area contributed by atoms with Crippen LogP contribution in [0.25, 0.3) is 12.2 Å². The molecule has 2 aromatic rings. The third kappa shape index (κ3) is 3.94. The summed E-state index contributed by atoms with van der Waals surface area (Å²) in [5.41, 5.74) is 1.99. The van der Waals surface area contributed by atoms with Crippen LogP contribution in [0.1, 0.15) is 11.1 Å². The predicted octanol–water partition coefficient (Wildman–Crippen LogP) is 3.91. The van der Waals surface area contributed by atoms with Crippen LogP contribution in [0.5, 0.6) is 0 Å². The van der Waals surface area contributed by atoms with Crippen molar-refractivity contribution in [2.24, 2.45) is 0 Å². The first-order chi connectivity index (χ1) is 8.95. The Balaban J connectivity index is 2.18. The molecule has 0 unspecified atom stereocenters. The fourth-order valence-electron chi connectivity index (χ4n) is 1.59. The van der Waals surface area contributed by atoms with Gasteiger partial charge in [-0.2, -0.15) is 0 Å². The van der Waals surface area contributed by atoms with Crippen molar-refractivity contribution in [2.75, 3.05) is 6.26 Å². The van der Waals surface area contributed by atoms with E-state index in [2.05, 4.69) is 0 Å². The van der Waals surface area contributed by atoms with Crippen molar-refractivity contribution in [2.45, 2.75) is 4.90 Å². The molecular weight excluding hydrogens is 280 g/mol. The SMILES string of the molecule is CS(=O)(=O)c1ccc(/C=C/c2ccc(Cl)cc2)cc1. The molecule has 0 aromatic heterocycles. The molecule has 0 aliphatic rings. The molecule has 4 heteroatoms. The molecule has 98 valence electrons. The summed E-state index contributed by atoms with van der Waals surface area (Å²) in [4.78, 5) is 0.330. The van der Waals surface area contributed by atoms with E-state index >= 15 is 0 Å². The number of benzene rings is 2. The number of rotatable bonds is 3. The summed E-state index contributed by atoms with van der Waals surface area (Å²) in [6, 6.07) is 14.3. The molecule has 19 heavy (non-hydrogen) atoms. The summed E-state index contributed by atoms with van der Waals surface area (Å²) in [7, 11) is -3.13. The standard InChI is InChI=1S/C15H13ClO2S/c1-19(17,18)15-10-6-13(7-11-15)3-2-12-4-8-14(16)9-5-12/h2-11H,1H3/b3-2+. The Kier molecular flexibility index (Phi) is 4.08. The van der Waals surface area contributed by atoms with E-state index < -0.39 is 9.84 Å². The van der Waals surface area contributed by atoms with Crippen LogP contribution in [0.2, 0.25) is 5.02 Å². The van der Waals surface area contributed by atoms with Gasteiger partial charge in [0.2, 0.25) is 0 Å². The Labute approximate surface area is 118 Å². The molecule has 2 nitrogen and oxygen atoms in total. The summed E-state index contributed by atoms with van der Waals surface area (Å²) in [5, 5.41) is 0.703. The zero-order valence-corrected chi connectivity index (χ0v) is 11.9. The van der Waals surface area contributed by atoms with E-state index in [-0.39, 0.29) is 0 Å². The zero-order chi connectivity index (χ0) is 13.9. The third-order valence-electron chi connectivity index (χ3n) is 2.65. The molecule has 0 saturated carbocycles. The molecule has 0 aliphatic carbocycles. The van der Waals surface area contributed by atoms with E-state index in [1.807, 2.05) is 36.4 Å². The van der Waals surface area contributed by atoms with Crippen molar-refractivity contribution in [3.63, 3.8) is 0 Å². The highest BCUT2D eigenvalue weighted by Gasteiger charge is 2.04. The van der Waals surface area contributed by atoms with Gasteiger partial charge in [0.05, 0.1) is 4.90 Å². The Morgan fingerprint density at radius 3 is 1.68 bits per heavy atom. The van der Waals surface area contributed by atoms with Gasteiger partial charge in [-0.1, -0.05) is 48.0 Å². The Bertz CT molecular complexity index is 684. The second-order valence-corrected chi connectivity index (χ2v) is 6.68. The second kappa shape index (κ2) is 5.59. The van der Waals surface area contributed by atoms with E-state index in [1.54, 1.807) is 24.3 Å². The summed E-state index contributed by atoms with van der Waals surface area (Å²) in [6.07, 6.45) is 5.08. The smallest absolute Gasteiger partial charge is 0.175 e. The van der Waals surface area contributed by atoms with Crippen molar-refractivity contribution >= 4 is 33.6 Å². The zero-order valence-electron chi connectivity index (χ0n) is 10.4. The first-order valence-electron chi connectivity index (χ1n) is 5.69. The summed E-state index contributed by atoms with van der Waals surface area (Å²) in [5.74, 6) is 0. The lowest BCUT2D eigenvalue weighted by Crippen LogP contribution is -1.95. The predicted molar refractivity (Wildman–Crippen MR) is 79.9 cm³/mol. The molecule has 0 bridgehead atoms. The largest absolute Gasteiger partial charge is 0.224 e. The number of hydrogen-bond acceptors (Lipinski definition) is 2. The van der Waals surface area contributed by atoms with Crippen molar-refractivity contribution in [3.05, 3.63) is 64.7 Å². The minimum absolute atomic E-state index is 0.330. The van der Waals surface area contributed by atoms with Gasteiger partial charge < -0.3 is 0 Å². The number of hydrogen-bond donors (Lipinski definition) is 0. The van der Waals surface area contributed by atoms with Crippen LogP contribution < -0.4 is 0 Å². The summed E-state index contributed by atoms with van der Waals surface area (Å²) in [6.45, 7) is 0. The highest BCUT2D eigenvalue weighted by molar-refractivity contribution is 7.90. The molecule has 0 saturated heterocycles. The van der Waals surface area contributed by atoms with Crippen molar-refractivity contribution in [1.29, 1.82) is 0 Å². The van der Waals surface area contributed by atoms with Crippen molar-refractivity contribution < 1.29 is 8.42 Å². The summed E-state index contributed by atoms with van der Waals surface area (Å²) >= 11 is 5.81. The molecule has 0 atom stereocenters. The van der Waals surface area contributed by atoms with Crippen LogP contribution in [0, 0.1) is 0 Å². The van der Waals surface area contributed by atoms with E-state index in [0.29, 0.717) is 9.92 Å². The molecule has 2 rings (SSSR count). The fourth-order valence-corrected chi connectivity index (χ4v) is 2.35. The molecule has 0 aliphatic heterocycles. The number of sulfone groups is 1. The molecular formula is C15H13ClO2S. The lowest BCUT2D eigenvalue weighted by Gasteiger charge is -1.99. The Hall–Kier alpha value is -1.58.